The van der Waals surface area contributed by atoms with Crippen molar-refractivity contribution in [2.75, 3.05) is 65.6 Å². The summed E-state index contributed by atoms with van der Waals surface area (Å²) in [6.07, 6.45) is 0.574. The van der Waals surface area contributed by atoms with Gasteiger partial charge in [-0.15, -0.1) is 0 Å². The Morgan fingerprint density at radius 2 is 1.29 bits per heavy atom. The average molecular weight is 1250 g/mol. The Bertz CT molecular complexity index is 2740. The number of nitrogens with one attached hydrogen (secondary N) is 7. The Kier molecular flexibility index (Phi) is 29.1. The molecule has 0 saturated carbocycles. The van der Waals surface area contributed by atoms with Crippen LogP contribution in [0.25, 0.3) is 0 Å². The normalized spacial score (nSPS) is 18.5. The number of urea groups is 1. The minimum absolute atomic E-state index is 0.00929. The lowest BCUT2D eigenvalue weighted by atomic mass is 9.89. The number of nitrogens with zero attached hydrogens (tertiary/aromatic N) is 4. The van der Waals surface area contributed by atoms with Gasteiger partial charge in [-0.05, 0) is 93.3 Å². The van der Waals surface area contributed by atoms with Crippen molar-refractivity contribution in [2.24, 2.45) is 41.2 Å². The van der Waals surface area contributed by atoms with Crippen LogP contribution in [0.2, 0.25) is 0 Å². The molecule has 2 saturated heterocycles. The van der Waals surface area contributed by atoms with E-state index in [0.29, 0.717) is 31.5 Å². The first-order valence-electron chi connectivity index (χ1n) is 31.1. The maximum absolute atomic E-state index is 14.6. The van der Waals surface area contributed by atoms with E-state index < -0.39 is 126 Å². The molecule has 2 aliphatic heterocycles. The number of likely N-dealkylation sites (tertiary alicyclic amines) is 2. The molecule has 0 bridgehead atoms. The van der Waals surface area contributed by atoms with E-state index in [1.54, 1.807) is 56.7 Å². The molecule has 4 rings (SSSR count). The summed E-state index contributed by atoms with van der Waals surface area (Å²) in [5.41, 5.74) is 6.60. The molecule has 2 heterocycles. The number of methoxy groups -OCH3 is 2. The van der Waals surface area contributed by atoms with E-state index in [1.165, 1.54) is 26.4 Å². The number of amides is 12. The number of ether oxygens (including phenoxy) is 2. The first-order chi connectivity index (χ1) is 41.9. The van der Waals surface area contributed by atoms with Crippen molar-refractivity contribution in [1.82, 2.24) is 46.2 Å². The SMILES string of the molecule is CC[C@H](C)[C@@H]([C@@H](CC(=O)N1CCC[C@H]1[C@H](OC)[C@@H](C)C(=O)N[C@@H](Cc1ccccc1)C(=O)Nc1ccc(NC(=O)[C@H](CCCNC(N)=O)NC(=O)[C@@H](NC(=O)CN2C(=O)CC(C)C2=O)C(C)C)cc1)OC)N(C)C(=O)[C@@H](NC(=O)[C@H](C(C)C)N(C)C)C(C)C. The number of carbonyl (C=O) groups is 11. The number of imide groups is 1. The fourth-order valence-electron chi connectivity index (χ4n) is 11.8. The summed E-state index contributed by atoms with van der Waals surface area (Å²) in [4.78, 5) is 154. The predicted octanol–water partition coefficient (Wildman–Crippen LogP) is 3.41. The second kappa shape index (κ2) is 35.0. The van der Waals surface area contributed by atoms with Crippen LogP contribution in [0.4, 0.5) is 16.2 Å². The summed E-state index contributed by atoms with van der Waals surface area (Å²) in [5.74, 6) is -7.16. The topological polar surface area (TPSA) is 329 Å². The lowest BCUT2D eigenvalue weighted by Gasteiger charge is -2.41. The molecule has 2 aromatic carbocycles. The standard InChI is InChI=1S/C64H100N12O13/c1-16-39(8)55(74(13)63(86)53(37(4)5)72-61(84)54(38(6)7)73(11)12)48(88-14)34-51(79)75-31-21-25-47(75)56(89-15)41(10)57(80)70-46(33-42-22-18-17-19-23-42)59(82)68-44-28-26-43(27-29-44)67-58(81)45(24-20-30-66-64(65)87)69-60(83)52(36(2)3)71-49(77)35-76-50(78)32-40(9)62(76)85/h17-19,22-23,26-29,36-41,45-48,52-56H,16,20-21,24-25,30-35H2,1-15H3,(H,67,81)(H,68,82)(H,69,83)(H,70,80)(H,71,77)(H,72,84)(H3,65,66,87)/t39-,40?,41+,45-,46-,47-,48+,52-,53-,54-,55-,56+/m0/s1. The maximum Gasteiger partial charge on any atom is 0.312 e. The van der Waals surface area contributed by atoms with Gasteiger partial charge >= 0.3 is 6.03 Å². The number of hydrogen-bond donors (Lipinski definition) is 8. The molecule has 0 aromatic heterocycles. The number of hydrogen-bond acceptors (Lipinski definition) is 14. The van der Waals surface area contributed by atoms with E-state index in [0.717, 1.165) is 10.5 Å². The molecule has 0 aliphatic carbocycles. The van der Waals surface area contributed by atoms with Crippen LogP contribution < -0.4 is 43.0 Å². The first kappa shape index (κ1) is 74.0. The van der Waals surface area contributed by atoms with Gasteiger partial charge in [0, 0.05) is 64.5 Å². The van der Waals surface area contributed by atoms with Gasteiger partial charge in [0.1, 0.15) is 30.7 Å². The van der Waals surface area contributed by atoms with Crippen LogP contribution in [0.3, 0.4) is 0 Å². The van der Waals surface area contributed by atoms with Gasteiger partial charge in [-0.1, -0.05) is 106 Å². The van der Waals surface area contributed by atoms with E-state index in [-0.39, 0.29) is 79.8 Å². The Hall–Kier alpha value is -7.51. The summed E-state index contributed by atoms with van der Waals surface area (Å²) in [6.45, 7) is 18.2. The van der Waals surface area contributed by atoms with E-state index in [9.17, 15) is 52.7 Å². The summed E-state index contributed by atoms with van der Waals surface area (Å²) >= 11 is 0. The van der Waals surface area contributed by atoms with Gasteiger partial charge in [0.05, 0.1) is 42.7 Å². The highest BCUT2D eigenvalue weighted by atomic mass is 16.5. The molecule has 2 fully saturated rings. The number of primary amides is 1. The minimum atomic E-state index is -1.18. The van der Waals surface area contributed by atoms with E-state index >= 15 is 0 Å². The van der Waals surface area contributed by atoms with Crippen LogP contribution >= 0.6 is 0 Å². The smallest absolute Gasteiger partial charge is 0.312 e. The fraction of sp³-hybridized carbons (Fsp3) is 0.641. The number of carbonyl (C=O) groups excluding carboxylic acids is 11. The van der Waals surface area contributed by atoms with Crippen molar-refractivity contribution < 1.29 is 62.2 Å². The summed E-state index contributed by atoms with van der Waals surface area (Å²) in [6, 6.07) is 8.70. The van der Waals surface area contributed by atoms with Gasteiger partial charge in [0.15, 0.2) is 0 Å². The first-order valence-corrected chi connectivity index (χ1v) is 31.1. The van der Waals surface area contributed by atoms with Crippen LogP contribution in [0.1, 0.15) is 120 Å². The number of benzene rings is 2. The highest BCUT2D eigenvalue weighted by Crippen LogP contribution is 2.30. The molecule has 25 heteroatoms. The molecule has 9 N–H and O–H groups in total. The number of likely N-dealkylation sites (N-methyl/N-ethyl adjacent to an activating group) is 2. The van der Waals surface area contributed by atoms with Crippen molar-refractivity contribution in [1.29, 1.82) is 0 Å². The highest BCUT2D eigenvalue weighted by molar-refractivity contribution is 6.06. The Balaban J connectivity index is 1.48. The molecular weight excluding hydrogens is 1140 g/mol. The average Bonchev–Trinajstić information content (AvgIpc) is 2.88. The monoisotopic (exact) mass is 1240 g/mol. The van der Waals surface area contributed by atoms with Crippen LogP contribution in [-0.2, 0) is 63.8 Å². The van der Waals surface area contributed by atoms with Gasteiger partial charge in [-0.2, -0.15) is 0 Å². The fourth-order valence-corrected chi connectivity index (χ4v) is 11.8. The Morgan fingerprint density at radius 3 is 1.80 bits per heavy atom. The minimum Gasteiger partial charge on any atom is -0.379 e. The van der Waals surface area contributed by atoms with Gasteiger partial charge in [-0.25, -0.2) is 4.79 Å². The third-order valence-electron chi connectivity index (χ3n) is 16.9. The van der Waals surface area contributed by atoms with Gasteiger partial charge in [-0.3, -0.25) is 57.7 Å². The molecule has 1 unspecified atom stereocenters. The van der Waals surface area contributed by atoms with Gasteiger partial charge in [0.25, 0.3) is 0 Å². The van der Waals surface area contributed by atoms with Crippen molar-refractivity contribution >= 4 is 76.5 Å². The molecule has 2 aromatic rings. The van der Waals surface area contributed by atoms with Gasteiger partial charge < -0.3 is 62.2 Å². The molecule has 25 nitrogen and oxygen atoms in total. The Morgan fingerprint density at radius 1 is 0.708 bits per heavy atom. The van der Waals surface area contributed by atoms with E-state index in [4.69, 9.17) is 15.2 Å². The summed E-state index contributed by atoms with van der Waals surface area (Å²) in [7, 11) is 8.36. The molecule has 494 valence electrons. The second-order valence-electron chi connectivity index (χ2n) is 25.0. The molecule has 0 spiro atoms. The van der Waals surface area contributed by atoms with Crippen LogP contribution in [0.5, 0.6) is 0 Å². The molecule has 2 aliphatic rings. The van der Waals surface area contributed by atoms with Crippen LogP contribution in [-0.4, -0.2) is 194 Å². The second-order valence-corrected chi connectivity index (χ2v) is 25.0. The molecule has 12 atom stereocenters. The zero-order valence-electron chi connectivity index (χ0n) is 54.8. The molecule has 12 amide bonds. The zero-order chi connectivity index (χ0) is 66.6. The lowest BCUT2D eigenvalue weighted by Crippen LogP contribution is -2.59. The molecule has 0 radical (unpaired) electrons. The number of rotatable bonds is 34. The number of anilines is 2. The van der Waals surface area contributed by atoms with Gasteiger partial charge in [0.2, 0.25) is 59.1 Å². The lowest BCUT2D eigenvalue weighted by molar-refractivity contribution is -0.148. The van der Waals surface area contributed by atoms with Crippen LogP contribution in [0, 0.1) is 35.5 Å². The molecule has 89 heavy (non-hydrogen) atoms. The van der Waals surface area contributed by atoms with Crippen molar-refractivity contribution in [3.8, 4) is 0 Å². The Labute approximate surface area is 525 Å². The van der Waals surface area contributed by atoms with E-state index in [1.807, 2.05) is 90.9 Å². The maximum atomic E-state index is 14.6. The van der Waals surface area contributed by atoms with Crippen molar-refractivity contribution in [3.63, 3.8) is 0 Å². The molecular formula is C64H100N12O13. The van der Waals surface area contributed by atoms with Crippen LogP contribution in [0.15, 0.2) is 54.6 Å². The van der Waals surface area contributed by atoms with E-state index in [2.05, 4.69) is 37.2 Å². The third kappa shape index (κ3) is 21.0. The third-order valence-corrected chi connectivity index (χ3v) is 16.9. The number of nitrogens with two attached hydrogens (primary N) is 1. The summed E-state index contributed by atoms with van der Waals surface area (Å²) in [5, 5.41) is 19.4. The predicted molar refractivity (Wildman–Crippen MR) is 337 cm³/mol. The summed E-state index contributed by atoms with van der Waals surface area (Å²) < 4.78 is 12.2. The van der Waals surface area contributed by atoms with Crippen molar-refractivity contribution in [3.05, 3.63) is 60.2 Å². The highest BCUT2D eigenvalue weighted by Gasteiger charge is 2.44. The quantitative estimate of drug-likeness (QED) is 0.0368. The van der Waals surface area contributed by atoms with Crippen molar-refractivity contribution in [2.45, 2.75) is 175 Å². The zero-order valence-corrected chi connectivity index (χ0v) is 54.8. The largest absolute Gasteiger partial charge is 0.379 e.